The Hall–Kier alpha value is -1.84. The number of nitriles is 1. The first-order valence-electron chi connectivity index (χ1n) is 7.56. The zero-order chi connectivity index (χ0) is 16.2. The lowest BCUT2D eigenvalue weighted by molar-refractivity contribution is 0.262. The number of benzene rings is 1. The van der Waals surface area contributed by atoms with E-state index in [9.17, 15) is 10.1 Å². The van der Waals surface area contributed by atoms with Crippen molar-refractivity contribution in [2.24, 2.45) is 0 Å². The Morgan fingerprint density at radius 3 is 2.74 bits per heavy atom. The van der Waals surface area contributed by atoms with E-state index in [1.165, 1.54) is 22.6 Å². The molecule has 0 fully saturated rings. The summed E-state index contributed by atoms with van der Waals surface area (Å²) < 4.78 is 0.817. The second kappa shape index (κ2) is 7.16. The maximum atomic E-state index is 12.2. The zero-order valence-corrected chi connectivity index (χ0v) is 14.9. The Morgan fingerprint density at radius 2 is 1.96 bits per heavy atom. The van der Waals surface area contributed by atoms with Gasteiger partial charge in [-0.2, -0.15) is 5.26 Å². The standard InChI is InChI=1S/C17H16BrN3OS/c18-13-7-4-5-8-14(13)20-17(22)21-16-12(10-19)11-6-2-1-3-9-15(11)23-16/h4-5,7-8H,1-3,6,9H2,(H2,20,21,22). The first-order chi connectivity index (χ1) is 11.2. The second-order valence-corrected chi connectivity index (χ2v) is 7.40. The molecule has 118 valence electrons. The quantitative estimate of drug-likeness (QED) is 0.684. The van der Waals surface area contributed by atoms with Gasteiger partial charge in [0.05, 0.1) is 11.3 Å². The van der Waals surface area contributed by atoms with E-state index in [-0.39, 0.29) is 6.03 Å². The van der Waals surface area contributed by atoms with Crippen molar-refractivity contribution >= 4 is 44.0 Å². The number of hydrogen-bond donors (Lipinski definition) is 2. The Labute approximate surface area is 147 Å². The number of fused-ring (bicyclic) bond motifs is 1. The lowest BCUT2D eigenvalue weighted by Gasteiger charge is -2.08. The van der Waals surface area contributed by atoms with Crippen molar-refractivity contribution in [3.8, 4) is 6.07 Å². The normalized spacial score (nSPS) is 13.6. The van der Waals surface area contributed by atoms with E-state index in [4.69, 9.17) is 0 Å². The van der Waals surface area contributed by atoms with E-state index in [0.29, 0.717) is 16.3 Å². The summed E-state index contributed by atoms with van der Waals surface area (Å²) in [7, 11) is 0. The molecule has 0 aliphatic heterocycles. The van der Waals surface area contributed by atoms with Crippen molar-refractivity contribution in [3.63, 3.8) is 0 Å². The largest absolute Gasteiger partial charge is 0.324 e. The highest BCUT2D eigenvalue weighted by Gasteiger charge is 2.21. The number of anilines is 2. The summed E-state index contributed by atoms with van der Waals surface area (Å²) in [5.74, 6) is 0. The number of aryl methyl sites for hydroxylation is 1. The van der Waals surface area contributed by atoms with Gasteiger partial charge in [-0.25, -0.2) is 4.79 Å². The molecule has 0 bridgehead atoms. The zero-order valence-electron chi connectivity index (χ0n) is 12.5. The van der Waals surface area contributed by atoms with Gasteiger partial charge in [0.2, 0.25) is 0 Å². The molecule has 1 aromatic carbocycles. The Bertz CT molecular complexity index is 779. The van der Waals surface area contributed by atoms with Crippen LogP contribution in [-0.4, -0.2) is 6.03 Å². The van der Waals surface area contributed by atoms with Crippen molar-refractivity contribution < 1.29 is 4.79 Å². The maximum Gasteiger partial charge on any atom is 0.324 e. The molecule has 1 aliphatic rings. The number of carbonyl (C=O) groups is 1. The summed E-state index contributed by atoms with van der Waals surface area (Å²) >= 11 is 4.94. The van der Waals surface area contributed by atoms with Gasteiger partial charge in [0.15, 0.2) is 0 Å². The number of amides is 2. The Balaban J connectivity index is 1.79. The minimum Gasteiger partial charge on any atom is -0.307 e. The molecule has 0 saturated carbocycles. The van der Waals surface area contributed by atoms with Crippen LogP contribution in [0.5, 0.6) is 0 Å². The van der Waals surface area contributed by atoms with Gasteiger partial charge in [-0.15, -0.1) is 11.3 Å². The van der Waals surface area contributed by atoms with Crippen molar-refractivity contribution in [1.29, 1.82) is 5.26 Å². The molecular weight excluding hydrogens is 374 g/mol. The van der Waals surface area contributed by atoms with Gasteiger partial charge in [-0.1, -0.05) is 18.6 Å². The van der Waals surface area contributed by atoms with Crippen LogP contribution in [0.1, 0.15) is 35.3 Å². The Kier molecular flexibility index (Phi) is 4.99. The molecule has 2 N–H and O–H groups in total. The molecule has 1 heterocycles. The molecule has 3 rings (SSSR count). The highest BCUT2D eigenvalue weighted by molar-refractivity contribution is 9.10. The number of nitrogens with one attached hydrogen (secondary N) is 2. The van der Waals surface area contributed by atoms with Crippen LogP contribution in [0.2, 0.25) is 0 Å². The van der Waals surface area contributed by atoms with Gasteiger partial charge < -0.3 is 5.32 Å². The van der Waals surface area contributed by atoms with Crippen molar-refractivity contribution in [2.45, 2.75) is 32.1 Å². The third-order valence-electron chi connectivity index (χ3n) is 3.88. The monoisotopic (exact) mass is 389 g/mol. The summed E-state index contributed by atoms with van der Waals surface area (Å²) in [5.41, 5.74) is 2.46. The van der Waals surface area contributed by atoms with Gasteiger partial charge in [-0.3, -0.25) is 5.32 Å². The first-order valence-corrected chi connectivity index (χ1v) is 9.17. The van der Waals surface area contributed by atoms with Crippen LogP contribution in [-0.2, 0) is 12.8 Å². The number of urea groups is 1. The molecule has 4 nitrogen and oxygen atoms in total. The van der Waals surface area contributed by atoms with E-state index in [0.717, 1.165) is 35.7 Å². The third-order valence-corrected chi connectivity index (χ3v) is 5.78. The van der Waals surface area contributed by atoms with Crippen LogP contribution in [0.3, 0.4) is 0 Å². The molecule has 1 aromatic heterocycles. The van der Waals surface area contributed by atoms with E-state index in [2.05, 4.69) is 32.6 Å². The van der Waals surface area contributed by atoms with Crippen LogP contribution in [0, 0.1) is 11.3 Å². The fraction of sp³-hybridized carbons (Fsp3) is 0.294. The number of nitrogens with zero attached hydrogens (tertiary/aromatic N) is 1. The smallest absolute Gasteiger partial charge is 0.307 e. The number of carbonyl (C=O) groups excluding carboxylic acids is 1. The number of halogens is 1. The highest BCUT2D eigenvalue weighted by atomic mass is 79.9. The van der Waals surface area contributed by atoms with Gasteiger partial charge in [0.1, 0.15) is 11.1 Å². The minimum absolute atomic E-state index is 0.329. The molecule has 0 unspecified atom stereocenters. The SMILES string of the molecule is N#Cc1c(NC(=O)Nc2ccccc2Br)sc2c1CCCCC2. The lowest BCUT2D eigenvalue weighted by Crippen LogP contribution is -2.19. The number of para-hydroxylation sites is 1. The van der Waals surface area contributed by atoms with Gasteiger partial charge in [-0.05, 0) is 59.3 Å². The van der Waals surface area contributed by atoms with E-state index in [1.807, 2.05) is 24.3 Å². The van der Waals surface area contributed by atoms with Crippen LogP contribution < -0.4 is 10.6 Å². The van der Waals surface area contributed by atoms with E-state index < -0.39 is 0 Å². The summed E-state index contributed by atoms with van der Waals surface area (Å²) in [6.45, 7) is 0. The van der Waals surface area contributed by atoms with Crippen LogP contribution in [0.25, 0.3) is 0 Å². The molecule has 6 heteroatoms. The molecule has 0 spiro atoms. The molecule has 2 aromatic rings. The molecule has 1 aliphatic carbocycles. The first kappa shape index (κ1) is 16.0. The Morgan fingerprint density at radius 1 is 1.17 bits per heavy atom. The molecule has 23 heavy (non-hydrogen) atoms. The second-order valence-electron chi connectivity index (χ2n) is 5.44. The molecule has 0 saturated heterocycles. The van der Waals surface area contributed by atoms with Crippen molar-refractivity contribution in [1.82, 2.24) is 0 Å². The molecule has 0 atom stereocenters. The van der Waals surface area contributed by atoms with Crippen LogP contribution in [0.4, 0.5) is 15.5 Å². The number of thiophene rings is 1. The molecule has 2 amide bonds. The minimum atomic E-state index is -0.329. The lowest BCUT2D eigenvalue weighted by atomic mass is 10.1. The predicted molar refractivity (Wildman–Crippen MR) is 97.1 cm³/mol. The van der Waals surface area contributed by atoms with E-state index >= 15 is 0 Å². The fourth-order valence-electron chi connectivity index (χ4n) is 2.77. The topological polar surface area (TPSA) is 64.9 Å². The average Bonchev–Trinajstić information content (AvgIpc) is 2.69. The summed E-state index contributed by atoms with van der Waals surface area (Å²) in [5, 5.41) is 15.8. The summed E-state index contributed by atoms with van der Waals surface area (Å²) in [6, 6.07) is 9.37. The highest BCUT2D eigenvalue weighted by Crippen LogP contribution is 2.37. The van der Waals surface area contributed by atoms with Crippen LogP contribution in [0.15, 0.2) is 28.7 Å². The van der Waals surface area contributed by atoms with Gasteiger partial charge >= 0.3 is 6.03 Å². The van der Waals surface area contributed by atoms with Crippen molar-refractivity contribution in [3.05, 3.63) is 44.7 Å². The fourth-order valence-corrected chi connectivity index (χ4v) is 4.39. The summed E-state index contributed by atoms with van der Waals surface area (Å²) in [4.78, 5) is 13.5. The molecular formula is C17H16BrN3OS. The molecule has 0 radical (unpaired) electrons. The van der Waals surface area contributed by atoms with Gasteiger partial charge in [0.25, 0.3) is 0 Å². The number of rotatable bonds is 2. The third kappa shape index (κ3) is 3.57. The number of hydrogen-bond acceptors (Lipinski definition) is 3. The maximum absolute atomic E-state index is 12.2. The van der Waals surface area contributed by atoms with E-state index in [1.54, 1.807) is 0 Å². The van der Waals surface area contributed by atoms with Gasteiger partial charge in [0, 0.05) is 9.35 Å². The van der Waals surface area contributed by atoms with Crippen LogP contribution >= 0.6 is 27.3 Å². The van der Waals surface area contributed by atoms with Crippen molar-refractivity contribution in [2.75, 3.05) is 10.6 Å². The average molecular weight is 390 g/mol. The summed E-state index contributed by atoms with van der Waals surface area (Å²) in [6.07, 6.45) is 5.41. The predicted octanol–water partition coefficient (Wildman–Crippen LogP) is 5.30.